The zero-order valence-electron chi connectivity index (χ0n) is 19.8. The minimum absolute atomic E-state index is 0.219. The molecule has 0 spiro atoms. The summed E-state index contributed by atoms with van der Waals surface area (Å²) in [6, 6.07) is 4.44. The van der Waals surface area contributed by atoms with Gasteiger partial charge in [0.15, 0.2) is 11.4 Å². The second-order valence-electron chi connectivity index (χ2n) is 8.22. The third-order valence-corrected chi connectivity index (χ3v) is 5.62. The number of nitrogens with two attached hydrogens (primary N) is 1. The minimum Gasteiger partial charge on any atom is -0.383 e. The van der Waals surface area contributed by atoms with E-state index in [1.54, 1.807) is 0 Å². The van der Waals surface area contributed by atoms with E-state index in [1.807, 2.05) is 0 Å². The number of carbonyl (C=O) groups excluding carboxylic acids is 2. The Labute approximate surface area is 214 Å². The number of hydrogen-bond donors (Lipinski definition) is 2. The van der Waals surface area contributed by atoms with Crippen molar-refractivity contribution in [3.63, 3.8) is 0 Å². The first kappa shape index (κ1) is 29.3. The maximum Gasteiger partial charge on any atom is 0.420 e. The van der Waals surface area contributed by atoms with Gasteiger partial charge in [-0.25, -0.2) is 22.2 Å². The van der Waals surface area contributed by atoms with Crippen LogP contribution in [0.25, 0.3) is 5.69 Å². The summed E-state index contributed by atoms with van der Waals surface area (Å²) in [6.07, 6.45) is -5.06. The Morgan fingerprint density at radius 1 is 1.00 bits per heavy atom. The number of alkyl halides is 3. The van der Waals surface area contributed by atoms with Gasteiger partial charge >= 0.3 is 6.18 Å². The second kappa shape index (κ2) is 10.9. The van der Waals surface area contributed by atoms with Crippen molar-refractivity contribution < 1.29 is 49.9 Å². The lowest BCUT2D eigenvalue weighted by Crippen LogP contribution is -2.60. The van der Waals surface area contributed by atoms with Gasteiger partial charge in [0, 0.05) is 12.6 Å². The minimum atomic E-state index is -5.66. The second-order valence-corrected chi connectivity index (χ2v) is 8.22. The number of likely N-dealkylation sites (N-methyl/N-ethyl adjacent to an activating group) is 1. The molecule has 8 nitrogen and oxygen atoms in total. The van der Waals surface area contributed by atoms with E-state index >= 15 is 0 Å². The maximum absolute atomic E-state index is 14.8. The van der Waals surface area contributed by atoms with E-state index in [1.165, 1.54) is 0 Å². The largest absolute Gasteiger partial charge is 0.420 e. The van der Waals surface area contributed by atoms with Crippen LogP contribution in [0, 0.1) is 23.3 Å². The van der Waals surface area contributed by atoms with Crippen molar-refractivity contribution in [2.24, 2.45) is 0 Å². The third kappa shape index (κ3) is 5.79. The molecular weight excluding hydrogens is 546 g/mol. The van der Waals surface area contributed by atoms with Crippen LogP contribution < -0.4 is 5.73 Å². The molecule has 3 rings (SSSR count). The number of halogens is 8. The average Bonchev–Trinajstić information content (AvgIpc) is 3.21. The van der Waals surface area contributed by atoms with Crippen molar-refractivity contribution in [2.75, 3.05) is 25.4 Å². The summed E-state index contributed by atoms with van der Waals surface area (Å²) in [5, 5.41) is 12.9. The fourth-order valence-electron chi connectivity index (χ4n) is 3.53. The third-order valence-electron chi connectivity index (χ3n) is 5.62. The van der Waals surface area contributed by atoms with Crippen LogP contribution in [0.5, 0.6) is 0 Å². The molecule has 210 valence electrons. The van der Waals surface area contributed by atoms with Gasteiger partial charge < -0.3 is 15.7 Å². The van der Waals surface area contributed by atoms with Gasteiger partial charge in [-0.3, -0.25) is 9.59 Å². The Bertz CT molecular complexity index is 1380. The van der Waals surface area contributed by atoms with Crippen LogP contribution in [0.4, 0.5) is 41.0 Å². The molecule has 2 amide bonds. The van der Waals surface area contributed by atoms with Crippen molar-refractivity contribution in [2.45, 2.75) is 18.7 Å². The standard InChI is InChI=1S/C23H19F8N5O3/c1-2-34(21(38)18-14(25)4-3-5-15(18)26)10-22(39,23(28,29)30)11-35(31)20(37)13-9-33-36(19(13)32)17-7-6-12(24)8-16(17)27/h3-9,39H,2,10-11,32H2,1H3. The number of nitrogen functional groups attached to an aromatic ring is 1. The van der Waals surface area contributed by atoms with Gasteiger partial charge in [-0.05, 0) is 31.2 Å². The van der Waals surface area contributed by atoms with E-state index < -0.39 is 94.2 Å². The van der Waals surface area contributed by atoms with Crippen molar-refractivity contribution in [1.29, 1.82) is 0 Å². The quantitative estimate of drug-likeness (QED) is 0.320. The van der Waals surface area contributed by atoms with E-state index in [-0.39, 0.29) is 4.90 Å². The van der Waals surface area contributed by atoms with E-state index in [4.69, 9.17) is 5.73 Å². The number of hydrogen-bond acceptors (Lipinski definition) is 5. The number of carbonyl (C=O) groups is 2. The molecule has 0 radical (unpaired) electrons. The Balaban J connectivity index is 1.89. The van der Waals surface area contributed by atoms with Crippen LogP contribution >= 0.6 is 0 Å². The zero-order valence-corrected chi connectivity index (χ0v) is 19.8. The molecule has 1 unspecified atom stereocenters. The van der Waals surface area contributed by atoms with Crippen LogP contribution in [0.2, 0.25) is 0 Å². The lowest BCUT2D eigenvalue weighted by atomic mass is 10.0. The van der Waals surface area contributed by atoms with Crippen LogP contribution in [0.1, 0.15) is 27.6 Å². The van der Waals surface area contributed by atoms with Crippen molar-refractivity contribution >= 4 is 17.6 Å². The fraction of sp³-hybridized carbons (Fsp3) is 0.261. The number of anilines is 1. The molecule has 0 bridgehead atoms. The molecule has 16 heteroatoms. The topological polar surface area (TPSA) is 105 Å². The molecule has 2 aromatic carbocycles. The number of aromatic nitrogens is 2. The molecule has 0 aliphatic rings. The molecule has 1 heterocycles. The number of aliphatic hydroxyl groups is 1. The van der Waals surface area contributed by atoms with Crippen molar-refractivity contribution in [3.8, 4) is 5.69 Å². The summed E-state index contributed by atoms with van der Waals surface area (Å²) in [5.74, 6) is -9.05. The number of nitrogens with zero attached hydrogens (tertiary/aromatic N) is 4. The Morgan fingerprint density at radius 3 is 2.15 bits per heavy atom. The Morgan fingerprint density at radius 2 is 1.62 bits per heavy atom. The SMILES string of the molecule is CCN(CC(O)(CN(F)C(=O)c1cnn(-c2ccc(F)cc2F)c1N)C(F)(F)F)C(=O)c1c(F)cccc1F. The fourth-order valence-corrected chi connectivity index (χ4v) is 3.53. The molecule has 1 aromatic heterocycles. The van der Waals surface area contributed by atoms with Crippen LogP contribution in [0.3, 0.4) is 0 Å². The molecule has 0 saturated heterocycles. The van der Waals surface area contributed by atoms with Crippen LogP contribution in [-0.2, 0) is 0 Å². The number of rotatable bonds is 8. The predicted octanol–water partition coefficient (Wildman–Crippen LogP) is 3.79. The summed E-state index contributed by atoms with van der Waals surface area (Å²) in [5.41, 5.74) is -0.962. The van der Waals surface area contributed by atoms with Crippen LogP contribution in [0.15, 0.2) is 42.6 Å². The lowest BCUT2D eigenvalue weighted by molar-refractivity contribution is -0.272. The molecule has 3 aromatic rings. The highest BCUT2D eigenvalue weighted by atomic mass is 19.4. The zero-order chi connectivity index (χ0) is 29.3. The molecule has 3 N–H and O–H groups in total. The highest BCUT2D eigenvalue weighted by Gasteiger charge is 2.57. The van der Waals surface area contributed by atoms with Crippen molar-refractivity contribution in [1.82, 2.24) is 19.8 Å². The van der Waals surface area contributed by atoms with Gasteiger partial charge in [-0.2, -0.15) is 23.4 Å². The van der Waals surface area contributed by atoms with E-state index in [9.17, 15) is 49.9 Å². The van der Waals surface area contributed by atoms with Gasteiger partial charge in [0.1, 0.15) is 40.1 Å². The molecule has 0 saturated carbocycles. The molecule has 1 atom stereocenters. The van der Waals surface area contributed by atoms with Gasteiger partial charge in [-0.15, -0.1) is 0 Å². The predicted molar refractivity (Wildman–Crippen MR) is 119 cm³/mol. The van der Waals surface area contributed by atoms with Crippen molar-refractivity contribution in [3.05, 3.63) is 77.0 Å². The molecular formula is C23H19F8N5O3. The summed E-state index contributed by atoms with van der Waals surface area (Å²) < 4.78 is 112. The molecule has 0 fully saturated rings. The Hall–Kier alpha value is -4.21. The van der Waals surface area contributed by atoms with Gasteiger partial charge in [-0.1, -0.05) is 10.5 Å². The summed E-state index contributed by atoms with van der Waals surface area (Å²) in [6.45, 7) is -3.29. The van der Waals surface area contributed by atoms with Gasteiger partial charge in [0.25, 0.3) is 11.8 Å². The highest BCUT2D eigenvalue weighted by Crippen LogP contribution is 2.34. The normalized spacial score (nSPS) is 13.2. The first-order valence-electron chi connectivity index (χ1n) is 10.9. The van der Waals surface area contributed by atoms with E-state index in [0.29, 0.717) is 29.1 Å². The molecule has 0 aliphatic carbocycles. The summed E-state index contributed by atoms with van der Waals surface area (Å²) >= 11 is 0. The lowest BCUT2D eigenvalue weighted by Gasteiger charge is -2.36. The van der Waals surface area contributed by atoms with Gasteiger partial charge in [0.2, 0.25) is 0 Å². The summed E-state index contributed by atoms with van der Waals surface area (Å²) in [7, 11) is 0. The smallest absolute Gasteiger partial charge is 0.383 e. The van der Waals surface area contributed by atoms with E-state index in [0.717, 1.165) is 25.1 Å². The monoisotopic (exact) mass is 565 g/mol. The first-order chi connectivity index (χ1) is 18.1. The average molecular weight is 565 g/mol. The number of amides is 2. The molecule has 39 heavy (non-hydrogen) atoms. The first-order valence-corrected chi connectivity index (χ1v) is 10.9. The summed E-state index contributed by atoms with van der Waals surface area (Å²) in [4.78, 5) is 25.4. The molecule has 0 aliphatic heterocycles. The number of benzene rings is 2. The maximum atomic E-state index is 14.8. The Kier molecular flexibility index (Phi) is 8.19. The van der Waals surface area contributed by atoms with Crippen LogP contribution in [-0.4, -0.2) is 68.1 Å². The van der Waals surface area contributed by atoms with Gasteiger partial charge in [0.05, 0.1) is 19.3 Å². The van der Waals surface area contributed by atoms with E-state index in [2.05, 4.69) is 5.10 Å². The highest BCUT2D eigenvalue weighted by molar-refractivity contribution is 5.98.